The van der Waals surface area contributed by atoms with Crippen LogP contribution in [0.25, 0.3) is 10.9 Å². The number of nitro benzene ring substituents is 1. The van der Waals surface area contributed by atoms with Gasteiger partial charge in [0.05, 0.1) is 11.0 Å². The van der Waals surface area contributed by atoms with Crippen molar-refractivity contribution in [1.82, 2.24) is 14.8 Å². The number of aromatic amines is 1. The number of nitrogens with zero attached hydrogens (tertiary/aromatic N) is 3. The number of non-ortho nitro benzene ring substituents is 1. The molecule has 1 fully saturated rings. The molecule has 6 rings (SSSR count). The highest BCUT2D eigenvalue weighted by Gasteiger charge is 2.48. The standard InChI is InChI=1S/C27H21ClN4O4/c28-18-10-8-16(9-11-18)14-30-15-24(33)31-23(27(30)34)13-21-20-6-1-2-7-22(20)29-25(21)26(31)17-4-3-5-19(12-17)32(35)36/h1-12,23,26,29H,13-15H2/t23-,26-/m1/s1. The Bertz CT molecular complexity index is 1530. The number of para-hydroxylation sites is 1. The number of hydrogen-bond donors (Lipinski definition) is 1. The number of halogens is 1. The van der Waals surface area contributed by atoms with E-state index in [0.29, 0.717) is 23.6 Å². The Balaban J connectivity index is 1.46. The molecule has 3 heterocycles. The molecule has 2 aliphatic rings. The largest absolute Gasteiger partial charge is 0.356 e. The summed E-state index contributed by atoms with van der Waals surface area (Å²) in [7, 11) is 0. The lowest BCUT2D eigenvalue weighted by Gasteiger charge is -2.47. The van der Waals surface area contributed by atoms with Crippen LogP contribution in [-0.2, 0) is 22.6 Å². The molecule has 9 heteroatoms. The number of H-pyrrole nitrogens is 1. The van der Waals surface area contributed by atoms with Crippen molar-refractivity contribution in [2.75, 3.05) is 6.54 Å². The first-order valence-corrected chi connectivity index (χ1v) is 12.0. The van der Waals surface area contributed by atoms with Crippen LogP contribution in [0.2, 0.25) is 5.02 Å². The fourth-order valence-electron chi connectivity index (χ4n) is 5.42. The highest BCUT2D eigenvalue weighted by atomic mass is 35.5. The van der Waals surface area contributed by atoms with Gasteiger partial charge in [0.15, 0.2) is 0 Å². The zero-order valence-electron chi connectivity index (χ0n) is 19.1. The van der Waals surface area contributed by atoms with Gasteiger partial charge in [-0.2, -0.15) is 0 Å². The maximum atomic E-state index is 13.8. The lowest BCUT2D eigenvalue weighted by molar-refractivity contribution is -0.384. The van der Waals surface area contributed by atoms with Crippen molar-refractivity contribution in [3.05, 3.63) is 110 Å². The van der Waals surface area contributed by atoms with Gasteiger partial charge in [-0.3, -0.25) is 19.7 Å². The number of aromatic nitrogens is 1. The van der Waals surface area contributed by atoms with Crippen LogP contribution in [0.4, 0.5) is 5.69 Å². The van der Waals surface area contributed by atoms with E-state index >= 15 is 0 Å². The molecule has 2 amide bonds. The van der Waals surface area contributed by atoms with Crippen LogP contribution in [0.5, 0.6) is 0 Å². The summed E-state index contributed by atoms with van der Waals surface area (Å²) in [6, 6.07) is 20.0. The number of rotatable bonds is 4. The van der Waals surface area contributed by atoms with E-state index < -0.39 is 17.0 Å². The summed E-state index contributed by atoms with van der Waals surface area (Å²) >= 11 is 6.00. The van der Waals surface area contributed by atoms with Crippen LogP contribution in [0, 0.1) is 10.1 Å². The van der Waals surface area contributed by atoms with Gasteiger partial charge < -0.3 is 14.8 Å². The molecule has 4 aromatic rings. The van der Waals surface area contributed by atoms with E-state index in [0.717, 1.165) is 27.7 Å². The maximum absolute atomic E-state index is 13.8. The van der Waals surface area contributed by atoms with E-state index in [4.69, 9.17) is 11.6 Å². The molecule has 0 aliphatic carbocycles. The van der Waals surface area contributed by atoms with E-state index in [9.17, 15) is 19.7 Å². The minimum Gasteiger partial charge on any atom is -0.356 e. The number of nitro groups is 1. The van der Waals surface area contributed by atoms with Crippen LogP contribution in [0.3, 0.4) is 0 Å². The summed E-state index contributed by atoms with van der Waals surface area (Å²) in [6.45, 7) is 0.229. The number of carbonyl (C=O) groups is 2. The van der Waals surface area contributed by atoms with Gasteiger partial charge in [-0.05, 0) is 34.9 Å². The Hall–Kier alpha value is -4.17. The summed E-state index contributed by atoms with van der Waals surface area (Å²) in [6.07, 6.45) is 0.368. The quantitative estimate of drug-likeness (QED) is 0.326. The molecular weight excluding hydrogens is 480 g/mol. The lowest BCUT2D eigenvalue weighted by atomic mass is 9.86. The van der Waals surface area contributed by atoms with E-state index in [1.54, 1.807) is 34.1 Å². The van der Waals surface area contributed by atoms with Gasteiger partial charge in [0, 0.05) is 46.7 Å². The molecule has 1 aromatic heterocycles. The SMILES string of the molecule is O=C1[C@H]2Cc3c([nH]c4ccccc34)[C@@H](c3cccc([N+](=O)[O-])c3)N2C(=O)CN1Cc1ccc(Cl)cc1. The van der Waals surface area contributed by atoms with Crippen LogP contribution in [0.1, 0.15) is 28.4 Å². The van der Waals surface area contributed by atoms with Crippen molar-refractivity contribution in [3.8, 4) is 0 Å². The topological polar surface area (TPSA) is 99.5 Å². The van der Waals surface area contributed by atoms with Crippen molar-refractivity contribution < 1.29 is 14.5 Å². The van der Waals surface area contributed by atoms with Crippen molar-refractivity contribution in [3.63, 3.8) is 0 Å². The van der Waals surface area contributed by atoms with Crippen LogP contribution in [0.15, 0.2) is 72.8 Å². The molecule has 180 valence electrons. The Morgan fingerprint density at radius 2 is 1.81 bits per heavy atom. The van der Waals surface area contributed by atoms with Crippen LogP contribution < -0.4 is 0 Å². The normalized spacial score (nSPS) is 19.4. The number of amides is 2. The first-order chi connectivity index (χ1) is 17.4. The molecule has 8 nitrogen and oxygen atoms in total. The molecule has 2 aliphatic heterocycles. The molecular formula is C27H21ClN4O4. The second-order valence-corrected chi connectivity index (χ2v) is 9.60. The third-order valence-corrected chi connectivity index (χ3v) is 7.28. The monoisotopic (exact) mass is 500 g/mol. The van der Waals surface area contributed by atoms with Gasteiger partial charge >= 0.3 is 0 Å². The number of nitrogens with one attached hydrogen (secondary N) is 1. The van der Waals surface area contributed by atoms with E-state index in [1.807, 2.05) is 36.4 Å². The molecule has 0 unspecified atom stereocenters. The molecule has 0 saturated carbocycles. The predicted molar refractivity (Wildman–Crippen MR) is 134 cm³/mol. The fraction of sp³-hybridized carbons (Fsp3) is 0.185. The lowest BCUT2D eigenvalue weighted by Crippen LogP contribution is -2.62. The van der Waals surface area contributed by atoms with Gasteiger partial charge in [-0.15, -0.1) is 0 Å². The minimum atomic E-state index is -0.713. The Morgan fingerprint density at radius 1 is 1.03 bits per heavy atom. The molecule has 0 bridgehead atoms. The van der Waals surface area contributed by atoms with Gasteiger partial charge in [0.1, 0.15) is 12.6 Å². The molecule has 2 atom stereocenters. The molecule has 0 radical (unpaired) electrons. The maximum Gasteiger partial charge on any atom is 0.269 e. The summed E-state index contributed by atoms with van der Waals surface area (Å²) in [5.41, 5.74) is 4.06. The van der Waals surface area contributed by atoms with Gasteiger partial charge in [0.2, 0.25) is 11.8 Å². The third kappa shape index (κ3) is 3.61. The molecule has 3 aromatic carbocycles. The van der Waals surface area contributed by atoms with E-state index in [-0.39, 0.29) is 24.0 Å². The molecule has 1 N–H and O–H groups in total. The van der Waals surface area contributed by atoms with E-state index in [2.05, 4.69) is 4.98 Å². The third-order valence-electron chi connectivity index (χ3n) is 7.03. The van der Waals surface area contributed by atoms with Gasteiger partial charge in [-0.1, -0.05) is 54.1 Å². The smallest absolute Gasteiger partial charge is 0.269 e. The number of carbonyl (C=O) groups excluding carboxylic acids is 2. The summed E-state index contributed by atoms with van der Waals surface area (Å²) in [5.74, 6) is -0.342. The number of hydrogen-bond acceptors (Lipinski definition) is 4. The molecule has 0 spiro atoms. The Kier molecular flexibility index (Phi) is 5.26. The minimum absolute atomic E-state index is 0.0626. The average molecular weight is 501 g/mol. The van der Waals surface area contributed by atoms with Crippen molar-refractivity contribution in [1.29, 1.82) is 0 Å². The predicted octanol–water partition coefficient (Wildman–Crippen LogP) is 4.61. The summed E-state index contributed by atoms with van der Waals surface area (Å²) < 4.78 is 0. The highest BCUT2D eigenvalue weighted by Crippen LogP contribution is 2.43. The Morgan fingerprint density at radius 3 is 2.58 bits per heavy atom. The van der Waals surface area contributed by atoms with Gasteiger partial charge in [0.25, 0.3) is 5.69 Å². The zero-order valence-corrected chi connectivity index (χ0v) is 19.8. The van der Waals surface area contributed by atoms with Crippen molar-refractivity contribution >= 4 is 40.0 Å². The average Bonchev–Trinajstić information content (AvgIpc) is 3.25. The van der Waals surface area contributed by atoms with Crippen molar-refractivity contribution in [2.24, 2.45) is 0 Å². The first kappa shape index (κ1) is 22.3. The number of fused-ring (bicyclic) bond motifs is 4. The molecule has 1 saturated heterocycles. The van der Waals surface area contributed by atoms with Crippen molar-refractivity contribution in [2.45, 2.75) is 25.0 Å². The molecule has 36 heavy (non-hydrogen) atoms. The second-order valence-electron chi connectivity index (χ2n) is 9.16. The number of benzene rings is 3. The highest BCUT2D eigenvalue weighted by molar-refractivity contribution is 6.30. The van der Waals surface area contributed by atoms with Crippen LogP contribution in [-0.4, -0.2) is 44.1 Å². The Labute approximate surface area is 211 Å². The number of piperazine rings is 1. The fourth-order valence-corrected chi connectivity index (χ4v) is 5.55. The van der Waals surface area contributed by atoms with Crippen LogP contribution >= 0.6 is 11.6 Å². The summed E-state index contributed by atoms with van der Waals surface area (Å²) in [5, 5.41) is 13.1. The zero-order chi connectivity index (χ0) is 25.0. The summed E-state index contributed by atoms with van der Waals surface area (Å²) in [4.78, 5) is 45.1. The second kappa shape index (κ2) is 8.49. The van der Waals surface area contributed by atoms with Gasteiger partial charge in [-0.25, -0.2) is 0 Å². The van der Waals surface area contributed by atoms with E-state index in [1.165, 1.54) is 12.1 Å². The first-order valence-electron chi connectivity index (χ1n) is 11.6.